The highest BCUT2D eigenvalue weighted by molar-refractivity contribution is 6.09. The average Bonchev–Trinajstić information content (AvgIpc) is 3.46. The molecule has 0 amide bonds. The number of carbonyl (C=O) groups is 2. The quantitative estimate of drug-likeness (QED) is 0.273. The fraction of sp³-hybridized carbons (Fsp3) is 0.0870. The van der Waals surface area contributed by atoms with Gasteiger partial charge in [-0.2, -0.15) is 5.21 Å². The van der Waals surface area contributed by atoms with Crippen LogP contribution in [0.25, 0.3) is 5.76 Å². The first-order chi connectivity index (χ1) is 15.0. The largest absolute Gasteiger partial charge is 0.507 e. The van der Waals surface area contributed by atoms with Gasteiger partial charge in [-0.05, 0) is 23.8 Å². The molecule has 0 aliphatic carbocycles. The zero-order chi connectivity index (χ0) is 21.8. The van der Waals surface area contributed by atoms with Crippen molar-refractivity contribution in [3.63, 3.8) is 0 Å². The normalized spacial score (nSPS) is 11.5. The summed E-state index contributed by atoms with van der Waals surface area (Å²) in [5.74, 6) is -1.24. The van der Waals surface area contributed by atoms with Gasteiger partial charge in [0.1, 0.15) is 5.76 Å². The maximum atomic E-state index is 13.1. The third-order valence-electron chi connectivity index (χ3n) is 4.77. The molecule has 8 nitrogen and oxygen atoms in total. The third-order valence-corrected chi connectivity index (χ3v) is 4.77. The standard InChI is InChI=1S/C23H19N5O3/c1-15-7-9-16(10-8-15)13-28-14-18(20(29)12-21(30)23-24-26-27-25-23)11-19(28)22(31)17-5-3-2-4-6-17/h2-12,14,29H,13H2,1H3,(H,24,25,26,27). The van der Waals surface area contributed by atoms with Gasteiger partial charge in [0.2, 0.25) is 17.4 Å². The second-order valence-corrected chi connectivity index (χ2v) is 7.05. The maximum absolute atomic E-state index is 13.1. The smallest absolute Gasteiger partial charge is 0.244 e. The number of aliphatic hydroxyl groups is 1. The summed E-state index contributed by atoms with van der Waals surface area (Å²) in [6, 6.07) is 18.4. The van der Waals surface area contributed by atoms with E-state index in [1.54, 1.807) is 41.1 Å². The van der Waals surface area contributed by atoms with Crippen molar-refractivity contribution in [2.75, 3.05) is 0 Å². The van der Waals surface area contributed by atoms with E-state index in [9.17, 15) is 14.7 Å². The topological polar surface area (TPSA) is 114 Å². The molecule has 2 aromatic carbocycles. The Bertz CT molecular complexity index is 1240. The molecule has 2 aromatic heterocycles. The Labute approximate surface area is 177 Å². The van der Waals surface area contributed by atoms with Gasteiger partial charge in [0, 0.05) is 29.9 Å². The Morgan fingerprint density at radius 2 is 1.81 bits per heavy atom. The molecule has 2 N–H and O–H groups in total. The molecule has 0 aliphatic heterocycles. The van der Waals surface area contributed by atoms with Crippen LogP contribution in [-0.2, 0) is 6.54 Å². The summed E-state index contributed by atoms with van der Waals surface area (Å²) in [7, 11) is 0. The van der Waals surface area contributed by atoms with Crippen LogP contribution in [0.3, 0.4) is 0 Å². The van der Waals surface area contributed by atoms with E-state index in [0.29, 0.717) is 23.4 Å². The van der Waals surface area contributed by atoms with Crippen molar-refractivity contribution in [3.05, 3.63) is 107 Å². The summed E-state index contributed by atoms with van der Waals surface area (Å²) in [6.07, 6.45) is 2.65. The summed E-state index contributed by atoms with van der Waals surface area (Å²) < 4.78 is 1.76. The Balaban J connectivity index is 1.71. The second-order valence-electron chi connectivity index (χ2n) is 7.05. The number of allylic oxidation sites excluding steroid dienone is 1. The van der Waals surface area contributed by atoms with E-state index in [2.05, 4.69) is 20.6 Å². The van der Waals surface area contributed by atoms with Crippen molar-refractivity contribution in [2.24, 2.45) is 0 Å². The van der Waals surface area contributed by atoms with Crippen molar-refractivity contribution >= 4 is 17.3 Å². The molecule has 4 rings (SSSR count). The highest BCUT2D eigenvalue weighted by Gasteiger charge is 2.18. The Kier molecular flexibility index (Phi) is 5.53. The lowest BCUT2D eigenvalue weighted by molar-refractivity contribution is 0.102. The van der Waals surface area contributed by atoms with Gasteiger partial charge in [0.05, 0.1) is 5.69 Å². The predicted molar refractivity (Wildman–Crippen MR) is 114 cm³/mol. The van der Waals surface area contributed by atoms with Gasteiger partial charge >= 0.3 is 0 Å². The average molecular weight is 413 g/mol. The number of nitrogens with zero attached hydrogens (tertiary/aromatic N) is 4. The lowest BCUT2D eigenvalue weighted by Gasteiger charge is -2.09. The number of H-pyrrole nitrogens is 1. The molecule has 8 heteroatoms. The lowest BCUT2D eigenvalue weighted by Crippen LogP contribution is -2.10. The van der Waals surface area contributed by atoms with Gasteiger partial charge in [-0.15, -0.1) is 10.2 Å². The molecular formula is C23H19N5O3. The molecule has 0 unspecified atom stereocenters. The molecule has 4 aromatic rings. The number of hydrogen-bond acceptors (Lipinski definition) is 6. The summed E-state index contributed by atoms with van der Waals surface area (Å²) in [5.41, 5.74) is 3.40. The molecule has 0 fully saturated rings. The van der Waals surface area contributed by atoms with Crippen LogP contribution in [0.1, 0.15) is 43.4 Å². The van der Waals surface area contributed by atoms with Crippen molar-refractivity contribution < 1.29 is 14.7 Å². The SMILES string of the molecule is Cc1ccc(Cn2cc(C(O)=CC(=O)c3nn[nH]n3)cc2C(=O)c2ccccc2)cc1. The lowest BCUT2D eigenvalue weighted by atomic mass is 10.1. The van der Waals surface area contributed by atoms with E-state index < -0.39 is 5.78 Å². The molecular weight excluding hydrogens is 394 g/mol. The molecule has 0 saturated carbocycles. The van der Waals surface area contributed by atoms with Crippen molar-refractivity contribution in [1.82, 2.24) is 25.2 Å². The second kappa shape index (κ2) is 8.58. The first kappa shape index (κ1) is 20.0. The number of aliphatic hydroxyl groups excluding tert-OH is 1. The van der Waals surface area contributed by atoms with E-state index in [4.69, 9.17) is 0 Å². The Morgan fingerprint density at radius 3 is 2.48 bits per heavy atom. The van der Waals surface area contributed by atoms with Crippen LogP contribution >= 0.6 is 0 Å². The van der Waals surface area contributed by atoms with Gasteiger partial charge < -0.3 is 9.67 Å². The molecule has 31 heavy (non-hydrogen) atoms. The molecule has 0 saturated heterocycles. The van der Waals surface area contributed by atoms with Crippen molar-refractivity contribution in [2.45, 2.75) is 13.5 Å². The van der Waals surface area contributed by atoms with E-state index >= 15 is 0 Å². The minimum absolute atomic E-state index is 0.161. The molecule has 0 aliphatic rings. The molecule has 2 heterocycles. The number of ketones is 2. The van der Waals surface area contributed by atoms with Gasteiger partial charge in [0.25, 0.3) is 0 Å². The van der Waals surface area contributed by atoms with Crippen LogP contribution in [0.2, 0.25) is 0 Å². The van der Waals surface area contributed by atoms with Crippen LogP contribution < -0.4 is 0 Å². The van der Waals surface area contributed by atoms with Crippen LogP contribution in [-0.4, -0.2) is 41.9 Å². The monoisotopic (exact) mass is 413 g/mol. The molecule has 0 radical (unpaired) electrons. The van der Waals surface area contributed by atoms with Crippen LogP contribution in [0.15, 0.2) is 72.9 Å². The molecule has 154 valence electrons. The number of aromatic amines is 1. The number of aromatic nitrogens is 5. The summed E-state index contributed by atoms with van der Waals surface area (Å²) in [5, 5.41) is 23.2. The Morgan fingerprint density at radius 1 is 1.06 bits per heavy atom. The minimum Gasteiger partial charge on any atom is -0.507 e. The van der Waals surface area contributed by atoms with E-state index in [-0.39, 0.29) is 17.4 Å². The van der Waals surface area contributed by atoms with Crippen LogP contribution in [0.4, 0.5) is 0 Å². The van der Waals surface area contributed by atoms with E-state index in [0.717, 1.165) is 17.2 Å². The van der Waals surface area contributed by atoms with Crippen LogP contribution in [0.5, 0.6) is 0 Å². The number of aryl methyl sites for hydroxylation is 1. The van der Waals surface area contributed by atoms with Gasteiger partial charge in [-0.25, -0.2) is 0 Å². The fourth-order valence-corrected chi connectivity index (χ4v) is 3.14. The minimum atomic E-state index is -0.603. The van der Waals surface area contributed by atoms with Crippen molar-refractivity contribution in [3.8, 4) is 0 Å². The number of hydrogen-bond donors (Lipinski definition) is 2. The first-order valence-electron chi connectivity index (χ1n) is 9.55. The van der Waals surface area contributed by atoms with Gasteiger partial charge in [-0.3, -0.25) is 9.59 Å². The summed E-state index contributed by atoms with van der Waals surface area (Å²) in [6.45, 7) is 2.44. The molecule has 0 bridgehead atoms. The van der Waals surface area contributed by atoms with Crippen molar-refractivity contribution in [1.29, 1.82) is 0 Å². The van der Waals surface area contributed by atoms with Gasteiger partial charge in [-0.1, -0.05) is 60.2 Å². The predicted octanol–water partition coefficient (Wildman–Crippen LogP) is 3.37. The third kappa shape index (κ3) is 4.48. The number of carbonyl (C=O) groups excluding carboxylic acids is 2. The zero-order valence-electron chi connectivity index (χ0n) is 16.7. The Hall–Kier alpha value is -4.33. The molecule has 0 spiro atoms. The number of rotatable bonds is 7. The van der Waals surface area contributed by atoms with Gasteiger partial charge in [0.15, 0.2) is 0 Å². The maximum Gasteiger partial charge on any atom is 0.244 e. The summed E-state index contributed by atoms with van der Waals surface area (Å²) in [4.78, 5) is 25.3. The zero-order valence-corrected chi connectivity index (χ0v) is 16.7. The highest BCUT2D eigenvalue weighted by Crippen LogP contribution is 2.21. The number of tetrazole rings is 1. The number of nitrogens with one attached hydrogen (secondary N) is 1. The molecule has 0 atom stereocenters. The van der Waals surface area contributed by atoms with E-state index in [1.165, 1.54) is 0 Å². The van der Waals surface area contributed by atoms with Crippen LogP contribution in [0, 0.1) is 6.92 Å². The number of benzene rings is 2. The first-order valence-corrected chi connectivity index (χ1v) is 9.55. The fourth-order valence-electron chi connectivity index (χ4n) is 3.14. The highest BCUT2D eigenvalue weighted by atomic mass is 16.3. The van der Waals surface area contributed by atoms with E-state index in [1.807, 2.05) is 37.3 Å². The summed E-state index contributed by atoms with van der Waals surface area (Å²) >= 11 is 0.